The van der Waals surface area contributed by atoms with Crippen LogP contribution in [0.25, 0.3) is 0 Å². The highest BCUT2D eigenvalue weighted by Crippen LogP contribution is 2.35. The molecule has 0 aromatic heterocycles. The van der Waals surface area contributed by atoms with Gasteiger partial charge in [-0.2, -0.15) is 0 Å². The fourth-order valence-corrected chi connectivity index (χ4v) is 3.61. The number of nitrogens with two attached hydrogens (primary N) is 1. The van der Waals surface area contributed by atoms with Gasteiger partial charge in [0.05, 0.1) is 6.04 Å². The Hall–Kier alpha value is -1.36. The third kappa shape index (κ3) is 4.14. The van der Waals surface area contributed by atoms with Gasteiger partial charge in [-0.15, -0.1) is 12.4 Å². The minimum Gasteiger partial charge on any atom is -0.349 e. The van der Waals surface area contributed by atoms with E-state index in [4.69, 9.17) is 5.73 Å². The summed E-state index contributed by atoms with van der Waals surface area (Å²) in [5.41, 5.74) is 9.64. The van der Waals surface area contributed by atoms with Gasteiger partial charge in [-0.1, -0.05) is 58.4 Å². The minimum absolute atomic E-state index is 0. The Morgan fingerprint density at radius 2 is 1.96 bits per heavy atom. The summed E-state index contributed by atoms with van der Waals surface area (Å²) in [4.78, 5) is 12.3. The van der Waals surface area contributed by atoms with Gasteiger partial charge in [-0.3, -0.25) is 4.79 Å². The number of benzene rings is 2. The highest BCUT2D eigenvalue weighted by Gasteiger charge is 2.25. The number of hydrogen-bond donors (Lipinski definition) is 2. The average Bonchev–Trinajstić information content (AvgIpc) is 2.92. The van der Waals surface area contributed by atoms with Crippen molar-refractivity contribution in [1.29, 1.82) is 0 Å². The average molecular weight is 396 g/mol. The first-order valence-corrected chi connectivity index (χ1v) is 8.31. The Balaban J connectivity index is 0.00000192. The van der Waals surface area contributed by atoms with Gasteiger partial charge in [0.1, 0.15) is 0 Å². The van der Waals surface area contributed by atoms with Crippen molar-refractivity contribution in [2.45, 2.75) is 31.3 Å². The van der Waals surface area contributed by atoms with Crippen LogP contribution in [0.3, 0.4) is 0 Å². The lowest BCUT2D eigenvalue weighted by molar-refractivity contribution is -0.122. The summed E-state index contributed by atoms with van der Waals surface area (Å²) in [6.45, 7) is 0. The molecule has 0 heterocycles. The van der Waals surface area contributed by atoms with Crippen LogP contribution in [0.1, 0.15) is 41.6 Å². The van der Waals surface area contributed by atoms with Gasteiger partial charge in [-0.05, 0) is 35.6 Å². The molecular weight excluding hydrogens is 376 g/mol. The lowest BCUT2D eigenvalue weighted by Gasteiger charge is -2.17. The maximum atomic E-state index is 12.3. The van der Waals surface area contributed by atoms with Gasteiger partial charge in [-0.25, -0.2) is 0 Å². The normalized spacial score (nSPS) is 17.0. The zero-order valence-corrected chi connectivity index (χ0v) is 15.1. The first-order chi connectivity index (χ1) is 10.6. The van der Waals surface area contributed by atoms with E-state index in [0.29, 0.717) is 6.42 Å². The maximum Gasteiger partial charge on any atom is 0.222 e. The molecule has 0 aliphatic heterocycles. The summed E-state index contributed by atoms with van der Waals surface area (Å²) in [5.74, 6) is 0.00850. The van der Waals surface area contributed by atoms with E-state index in [-0.39, 0.29) is 30.4 Å². The van der Waals surface area contributed by atoms with Crippen molar-refractivity contribution < 1.29 is 4.79 Å². The smallest absolute Gasteiger partial charge is 0.222 e. The molecule has 1 aliphatic rings. The van der Waals surface area contributed by atoms with Crippen LogP contribution in [0.15, 0.2) is 53.0 Å². The first-order valence-electron chi connectivity index (χ1n) is 7.52. The summed E-state index contributed by atoms with van der Waals surface area (Å²) in [6.07, 6.45) is 2.25. The summed E-state index contributed by atoms with van der Waals surface area (Å²) < 4.78 is 1.13. The second-order valence-electron chi connectivity index (χ2n) is 5.69. The number of carbonyl (C=O) groups is 1. The highest BCUT2D eigenvalue weighted by atomic mass is 79.9. The second-order valence-corrected chi connectivity index (χ2v) is 6.54. The molecule has 0 saturated heterocycles. The van der Waals surface area contributed by atoms with E-state index in [1.807, 2.05) is 42.5 Å². The van der Waals surface area contributed by atoms with E-state index in [1.165, 1.54) is 11.1 Å². The van der Waals surface area contributed by atoms with Gasteiger partial charge in [0.25, 0.3) is 0 Å². The van der Waals surface area contributed by atoms with E-state index in [2.05, 4.69) is 27.3 Å². The summed E-state index contributed by atoms with van der Waals surface area (Å²) in [7, 11) is 0. The monoisotopic (exact) mass is 394 g/mol. The number of amides is 1. The molecule has 1 aliphatic carbocycles. The van der Waals surface area contributed by atoms with Crippen LogP contribution in [-0.4, -0.2) is 5.91 Å². The predicted octanol–water partition coefficient (Wildman–Crippen LogP) is 4.06. The van der Waals surface area contributed by atoms with E-state index in [0.717, 1.165) is 22.9 Å². The minimum atomic E-state index is -0.260. The molecule has 0 saturated carbocycles. The van der Waals surface area contributed by atoms with Crippen LogP contribution < -0.4 is 11.1 Å². The van der Waals surface area contributed by atoms with Crippen LogP contribution in [0, 0.1) is 0 Å². The van der Waals surface area contributed by atoms with Crippen LogP contribution in [0.4, 0.5) is 0 Å². The zero-order valence-electron chi connectivity index (χ0n) is 12.7. The molecule has 0 spiro atoms. The van der Waals surface area contributed by atoms with E-state index < -0.39 is 0 Å². The molecule has 1 amide bonds. The molecule has 2 atom stereocenters. The van der Waals surface area contributed by atoms with E-state index >= 15 is 0 Å². The van der Waals surface area contributed by atoms with Gasteiger partial charge in [0.15, 0.2) is 0 Å². The van der Waals surface area contributed by atoms with Crippen molar-refractivity contribution in [2.75, 3.05) is 0 Å². The molecule has 3 nitrogen and oxygen atoms in total. The topological polar surface area (TPSA) is 55.1 Å². The zero-order chi connectivity index (χ0) is 15.5. The van der Waals surface area contributed by atoms with Crippen molar-refractivity contribution in [3.05, 3.63) is 69.7 Å². The molecule has 23 heavy (non-hydrogen) atoms. The molecule has 0 fully saturated rings. The lowest BCUT2D eigenvalue weighted by Crippen LogP contribution is -2.30. The van der Waals surface area contributed by atoms with Crippen LogP contribution in [0.5, 0.6) is 0 Å². The molecule has 2 unspecified atom stereocenters. The lowest BCUT2D eigenvalue weighted by atomic mass is 10.0. The number of hydrogen-bond acceptors (Lipinski definition) is 2. The number of halogens is 2. The number of carbonyl (C=O) groups excluding carboxylic acids is 1. The van der Waals surface area contributed by atoms with E-state index in [9.17, 15) is 4.79 Å². The largest absolute Gasteiger partial charge is 0.349 e. The Labute approximate surface area is 151 Å². The first kappa shape index (κ1) is 18.0. The van der Waals surface area contributed by atoms with Crippen molar-refractivity contribution >= 4 is 34.2 Å². The molecule has 2 aromatic rings. The Morgan fingerprint density at radius 3 is 2.70 bits per heavy atom. The van der Waals surface area contributed by atoms with Crippen LogP contribution in [-0.2, 0) is 11.2 Å². The predicted molar refractivity (Wildman–Crippen MR) is 98.6 cm³/mol. The van der Waals surface area contributed by atoms with Gasteiger partial charge >= 0.3 is 0 Å². The highest BCUT2D eigenvalue weighted by molar-refractivity contribution is 9.10. The maximum absolute atomic E-state index is 12.3. The van der Waals surface area contributed by atoms with Gasteiger partial charge in [0.2, 0.25) is 5.91 Å². The third-order valence-electron chi connectivity index (χ3n) is 4.18. The van der Waals surface area contributed by atoms with Crippen LogP contribution in [0.2, 0.25) is 0 Å². The summed E-state index contributed by atoms with van der Waals surface area (Å²) >= 11 is 3.58. The van der Waals surface area contributed by atoms with Gasteiger partial charge < -0.3 is 11.1 Å². The fraction of sp³-hybridized carbons (Fsp3) is 0.278. The Bertz CT molecular complexity index is 678. The molecule has 2 aromatic carbocycles. The molecule has 5 heteroatoms. The number of rotatable bonds is 4. The van der Waals surface area contributed by atoms with Crippen molar-refractivity contribution in [2.24, 2.45) is 5.73 Å². The van der Waals surface area contributed by atoms with Crippen molar-refractivity contribution in [1.82, 2.24) is 5.32 Å². The number of fused-ring (bicyclic) bond motifs is 1. The Kier molecular flexibility index (Phi) is 6.22. The summed E-state index contributed by atoms with van der Waals surface area (Å²) in [6, 6.07) is 15.7. The summed E-state index contributed by atoms with van der Waals surface area (Å²) in [5, 5.41) is 3.12. The molecule has 3 rings (SSSR count). The molecule has 3 N–H and O–H groups in total. The van der Waals surface area contributed by atoms with Crippen molar-refractivity contribution in [3.63, 3.8) is 0 Å². The fourth-order valence-electron chi connectivity index (χ4n) is 3.03. The Morgan fingerprint density at radius 1 is 1.22 bits per heavy atom. The molecule has 0 radical (unpaired) electrons. The standard InChI is InChI=1S/C18H19BrN2O.ClH/c19-15-8-4-7-14-13(15)9-10-17(14)21-18(22)11-16(20)12-5-2-1-3-6-12;/h1-8,16-17H,9-11,20H2,(H,21,22);1H. The SMILES string of the molecule is Cl.NC(CC(=O)NC1CCc2c(Br)cccc21)c1ccccc1. The molecule has 0 bridgehead atoms. The van der Waals surface area contributed by atoms with Gasteiger partial charge in [0, 0.05) is 16.9 Å². The third-order valence-corrected chi connectivity index (χ3v) is 4.92. The molecule has 122 valence electrons. The van der Waals surface area contributed by atoms with E-state index in [1.54, 1.807) is 0 Å². The number of nitrogens with one attached hydrogen (secondary N) is 1. The second kappa shape index (κ2) is 7.95. The molecular formula is C18H20BrClN2O. The quantitative estimate of drug-likeness (QED) is 0.820. The van der Waals surface area contributed by atoms with Crippen molar-refractivity contribution in [3.8, 4) is 0 Å². The van der Waals surface area contributed by atoms with Crippen LogP contribution >= 0.6 is 28.3 Å².